The van der Waals surface area contributed by atoms with Gasteiger partial charge < -0.3 is 4.90 Å². The minimum atomic E-state index is 0.662. The Morgan fingerprint density at radius 1 is 0.667 bits per heavy atom. The highest BCUT2D eigenvalue weighted by molar-refractivity contribution is 5.64. The van der Waals surface area contributed by atoms with E-state index in [1.54, 1.807) is 0 Å². The van der Waals surface area contributed by atoms with Crippen molar-refractivity contribution in [2.24, 2.45) is 0 Å². The van der Waals surface area contributed by atoms with E-state index in [4.69, 9.17) is 0 Å². The van der Waals surface area contributed by atoms with E-state index >= 15 is 0 Å². The molecule has 0 heterocycles. The van der Waals surface area contributed by atoms with E-state index in [1.807, 2.05) is 0 Å². The van der Waals surface area contributed by atoms with Crippen LogP contribution >= 0.6 is 0 Å². The lowest BCUT2D eigenvalue weighted by atomic mass is 10.1. The van der Waals surface area contributed by atoms with Crippen molar-refractivity contribution in [3.63, 3.8) is 0 Å². The molecule has 1 nitrogen and oxygen atoms in total. The second-order valence-corrected chi connectivity index (χ2v) is 4.98. The van der Waals surface area contributed by atoms with Gasteiger partial charge in [0.15, 0.2) is 0 Å². The van der Waals surface area contributed by atoms with Crippen LogP contribution in [0.15, 0.2) is 60.7 Å². The molecule has 3 rings (SSSR count). The van der Waals surface area contributed by atoms with Crippen molar-refractivity contribution in [1.29, 1.82) is 0 Å². The molecule has 0 aromatic heterocycles. The van der Waals surface area contributed by atoms with Crippen LogP contribution in [0.25, 0.3) is 0 Å². The molecule has 1 aliphatic carbocycles. The van der Waals surface area contributed by atoms with Gasteiger partial charge in [-0.15, -0.1) is 0 Å². The molecule has 1 heteroatoms. The zero-order valence-electron chi connectivity index (χ0n) is 10.6. The van der Waals surface area contributed by atoms with Gasteiger partial charge in [-0.1, -0.05) is 49.2 Å². The molecule has 18 heavy (non-hydrogen) atoms. The minimum Gasteiger partial charge on any atom is -0.338 e. The van der Waals surface area contributed by atoms with E-state index in [1.165, 1.54) is 37.1 Å². The summed E-state index contributed by atoms with van der Waals surface area (Å²) in [5, 5.41) is 0. The Morgan fingerprint density at radius 3 is 1.56 bits per heavy atom. The van der Waals surface area contributed by atoms with Crippen molar-refractivity contribution >= 4 is 11.4 Å². The monoisotopic (exact) mass is 237 g/mol. The summed E-state index contributed by atoms with van der Waals surface area (Å²) in [6.07, 6.45) is 5.34. The Labute approximate surface area is 109 Å². The number of benzene rings is 2. The Morgan fingerprint density at radius 2 is 1.11 bits per heavy atom. The topological polar surface area (TPSA) is 3.24 Å². The summed E-state index contributed by atoms with van der Waals surface area (Å²) >= 11 is 0. The first-order chi connectivity index (χ1) is 8.95. The largest absolute Gasteiger partial charge is 0.338 e. The van der Waals surface area contributed by atoms with E-state index in [9.17, 15) is 0 Å². The predicted molar refractivity (Wildman–Crippen MR) is 77.3 cm³/mol. The Balaban J connectivity index is 1.98. The van der Waals surface area contributed by atoms with Gasteiger partial charge in [0.25, 0.3) is 0 Å². The fraction of sp³-hybridized carbons (Fsp3) is 0.294. The van der Waals surface area contributed by atoms with Crippen LogP contribution in [0.3, 0.4) is 0 Å². The molecule has 0 bridgehead atoms. The first-order valence-electron chi connectivity index (χ1n) is 6.84. The van der Waals surface area contributed by atoms with Crippen LogP contribution in [-0.2, 0) is 0 Å². The number of hydrogen-bond donors (Lipinski definition) is 0. The van der Waals surface area contributed by atoms with Crippen molar-refractivity contribution in [2.45, 2.75) is 31.7 Å². The van der Waals surface area contributed by atoms with Crippen LogP contribution < -0.4 is 4.90 Å². The average molecular weight is 237 g/mol. The van der Waals surface area contributed by atoms with Crippen molar-refractivity contribution in [3.8, 4) is 0 Å². The second-order valence-electron chi connectivity index (χ2n) is 4.98. The molecule has 0 radical (unpaired) electrons. The quantitative estimate of drug-likeness (QED) is 0.743. The number of anilines is 2. The number of hydrogen-bond acceptors (Lipinski definition) is 1. The fourth-order valence-corrected chi connectivity index (χ4v) is 2.91. The smallest absolute Gasteiger partial charge is 0.0413 e. The SMILES string of the molecule is c1ccc(N(c2ccccc2)C2CCCC2)cc1. The van der Waals surface area contributed by atoms with Gasteiger partial charge >= 0.3 is 0 Å². The van der Waals surface area contributed by atoms with Crippen molar-refractivity contribution < 1.29 is 0 Å². The van der Waals surface area contributed by atoms with Gasteiger partial charge in [0.05, 0.1) is 0 Å². The van der Waals surface area contributed by atoms with Crippen molar-refractivity contribution in [2.75, 3.05) is 4.90 Å². The number of para-hydroxylation sites is 2. The first-order valence-corrected chi connectivity index (χ1v) is 6.84. The Bertz CT molecular complexity index is 432. The summed E-state index contributed by atoms with van der Waals surface area (Å²) in [5.41, 5.74) is 2.63. The van der Waals surface area contributed by atoms with Crippen molar-refractivity contribution in [1.82, 2.24) is 0 Å². The normalized spacial score (nSPS) is 15.8. The van der Waals surface area contributed by atoms with E-state index in [0.29, 0.717) is 6.04 Å². The average Bonchev–Trinajstić information content (AvgIpc) is 2.95. The summed E-state index contributed by atoms with van der Waals surface area (Å²) < 4.78 is 0. The molecule has 0 spiro atoms. The molecule has 0 aliphatic heterocycles. The van der Waals surface area contributed by atoms with E-state index < -0.39 is 0 Å². The molecule has 1 fully saturated rings. The third kappa shape index (κ3) is 2.26. The maximum absolute atomic E-state index is 2.51. The molecule has 1 aliphatic rings. The molecule has 0 atom stereocenters. The molecule has 2 aromatic rings. The van der Waals surface area contributed by atoms with E-state index in [0.717, 1.165) is 0 Å². The summed E-state index contributed by atoms with van der Waals surface area (Å²) in [4.78, 5) is 2.51. The maximum atomic E-state index is 2.51. The van der Waals surface area contributed by atoms with Crippen LogP contribution in [0, 0.1) is 0 Å². The zero-order valence-corrected chi connectivity index (χ0v) is 10.6. The summed E-state index contributed by atoms with van der Waals surface area (Å²) in [6.45, 7) is 0. The highest BCUT2D eigenvalue weighted by Gasteiger charge is 2.23. The van der Waals surface area contributed by atoms with Crippen LogP contribution in [0.5, 0.6) is 0 Å². The highest BCUT2D eigenvalue weighted by Crippen LogP contribution is 2.34. The highest BCUT2D eigenvalue weighted by atomic mass is 15.2. The zero-order chi connectivity index (χ0) is 12.2. The maximum Gasteiger partial charge on any atom is 0.0413 e. The van der Waals surface area contributed by atoms with E-state index in [2.05, 4.69) is 65.6 Å². The van der Waals surface area contributed by atoms with Crippen LogP contribution in [0.1, 0.15) is 25.7 Å². The predicted octanol–water partition coefficient (Wildman–Crippen LogP) is 4.77. The van der Waals surface area contributed by atoms with Gasteiger partial charge in [-0.05, 0) is 37.1 Å². The molecule has 92 valence electrons. The Hall–Kier alpha value is -1.76. The van der Waals surface area contributed by atoms with Gasteiger partial charge in [-0.3, -0.25) is 0 Å². The molecule has 1 saturated carbocycles. The van der Waals surface area contributed by atoms with Gasteiger partial charge in [0.2, 0.25) is 0 Å². The third-order valence-electron chi connectivity index (χ3n) is 3.76. The summed E-state index contributed by atoms with van der Waals surface area (Å²) in [6, 6.07) is 22.2. The molecule has 0 unspecified atom stereocenters. The molecule has 2 aromatic carbocycles. The first kappa shape index (κ1) is 11.3. The third-order valence-corrected chi connectivity index (χ3v) is 3.76. The summed E-state index contributed by atoms with van der Waals surface area (Å²) in [7, 11) is 0. The Kier molecular flexibility index (Phi) is 3.31. The summed E-state index contributed by atoms with van der Waals surface area (Å²) in [5.74, 6) is 0. The lowest BCUT2D eigenvalue weighted by Gasteiger charge is -2.31. The molecular weight excluding hydrogens is 218 g/mol. The number of nitrogens with zero attached hydrogens (tertiary/aromatic N) is 1. The van der Waals surface area contributed by atoms with Crippen LogP contribution in [0.2, 0.25) is 0 Å². The van der Waals surface area contributed by atoms with Gasteiger partial charge in [0.1, 0.15) is 0 Å². The van der Waals surface area contributed by atoms with Crippen LogP contribution in [0.4, 0.5) is 11.4 Å². The standard InChI is InChI=1S/C17H19N/c1-3-9-15(10-4-1)18(17-13-7-8-14-17)16-11-5-2-6-12-16/h1-6,9-12,17H,7-8,13-14H2. The fourth-order valence-electron chi connectivity index (χ4n) is 2.91. The second kappa shape index (κ2) is 5.26. The van der Waals surface area contributed by atoms with Gasteiger partial charge in [-0.25, -0.2) is 0 Å². The van der Waals surface area contributed by atoms with Gasteiger partial charge in [0, 0.05) is 17.4 Å². The van der Waals surface area contributed by atoms with Crippen molar-refractivity contribution in [3.05, 3.63) is 60.7 Å². The number of rotatable bonds is 3. The van der Waals surface area contributed by atoms with Crippen LogP contribution in [-0.4, -0.2) is 6.04 Å². The molecule has 0 saturated heterocycles. The molecule has 0 N–H and O–H groups in total. The lowest BCUT2D eigenvalue weighted by Crippen LogP contribution is -2.28. The molecule has 0 amide bonds. The minimum absolute atomic E-state index is 0.662. The van der Waals surface area contributed by atoms with E-state index in [-0.39, 0.29) is 0 Å². The molecular formula is C17H19N. The van der Waals surface area contributed by atoms with Gasteiger partial charge in [-0.2, -0.15) is 0 Å². The lowest BCUT2D eigenvalue weighted by molar-refractivity contribution is 0.677.